The molecule has 3 aliphatic heterocycles. The van der Waals surface area contributed by atoms with E-state index in [-0.39, 0.29) is 84.7 Å². The molecule has 15 atom stereocenters. The Morgan fingerprint density at radius 3 is 2.13 bits per heavy atom. The van der Waals surface area contributed by atoms with E-state index in [1.807, 2.05) is 6.92 Å². The standard InChI is InChI=1S/C75H103ClN12O23S4/c1-39-12-11-13-56(109-10)75(107)33-55(110-73(105)86-75)40(2)32-74(6,106)57(31-62(96)88(8)53-29-47(26-39)30-54(108-9)63(53)76)111-72(104)41(3)87(7)61(95)23-25-113-112-24-22-58(92)78-34-46-16-14-44(15-17-46)27-49(77)66(97)82-51-37-114-115-38-52(69(100)85-65(43(5)90)71(102)103)83-70(101)64(42(4)89)84-60(94)36-79-59(93)35-80-67(98)50(81-68(51)99)28-45-18-20-48(91)21-19-45/h11-21,29-30,40-43,49-52,55-57,64-65,89-91,106-107H,22-28,31-38,77H2,1-10H3,(H,78,92)(H,79,93)(H,80,98)(H,81,99)(H,82,97)(H,83,101)(H,84,94)(H,85,100)(H,86,105)(H,102,103)/b13-11+,39-12+/t40-,41-,42+,43+,49+,50-,51-,52-,55-,56+,57-,64-,65-,74+,75-/m0/s1. The maximum absolute atomic E-state index is 14.4. The van der Waals surface area contributed by atoms with E-state index in [2.05, 4.69) is 47.9 Å². The quantitative estimate of drug-likeness (QED) is 0.0315. The summed E-state index contributed by atoms with van der Waals surface area (Å²) in [5.41, 5.74) is 6.02. The number of ether oxygens (including phenoxy) is 4. The molecule has 0 aromatic heterocycles. The van der Waals surface area contributed by atoms with Crippen molar-refractivity contribution < 1.29 is 112 Å². The van der Waals surface area contributed by atoms with Crippen molar-refractivity contribution in [3.05, 3.63) is 112 Å². The van der Waals surface area contributed by atoms with E-state index in [0.717, 1.165) is 41.0 Å². The van der Waals surface area contributed by atoms with Gasteiger partial charge in [-0.05, 0) is 106 Å². The molecule has 35 nitrogen and oxygen atoms in total. The summed E-state index contributed by atoms with van der Waals surface area (Å²) >= 11 is 6.82. The molecule has 0 radical (unpaired) electrons. The number of carbonyl (C=O) groups is 13. The predicted molar refractivity (Wildman–Crippen MR) is 430 cm³/mol. The lowest BCUT2D eigenvalue weighted by molar-refractivity contribution is -0.176. The van der Waals surface area contributed by atoms with E-state index in [1.165, 1.54) is 97.8 Å². The molecule has 6 rings (SSSR count). The van der Waals surface area contributed by atoms with Crippen LogP contribution < -0.4 is 63.2 Å². The van der Waals surface area contributed by atoms with Gasteiger partial charge in [0.15, 0.2) is 11.8 Å². The Morgan fingerprint density at radius 2 is 1.49 bits per heavy atom. The normalized spacial score (nSPS) is 25.3. The molecule has 11 amide bonds. The van der Waals surface area contributed by atoms with Crippen molar-refractivity contribution in [2.75, 3.05) is 69.3 Å². The minimum absolute atomic E-state index is 0.0289. The summed E-state index contributed by atoms with van der Waals surface area (Å²) in [5.74, 6) is -11.3. The average molecular weight is 1700 g/mol. The molecule has 17 N–H and O–H groups in total. The lowest BCUT2D eigenvalue weighted by Crippen LogP contribution is -2.63. The second kappa shape index (κ2) is 45.0. The van der Waals surface area contributed by atoms with E-state index >= 15 is 0 Å². The number of halogens is 1. The number of allylic oxidation sites excluding steroid dienone is 3. The number of phenolic OH excluding ortho intramolecular Hbond substituents is 1. The molecule has 0 saturated carbocycles. The number of anilines is 1. The topological polar surface area (TPSA) is 521 Å². The Morgan fingerprint density at radius 1 is 0.843 bits per heavy atom. The Kier molecular flexibility index (Phi) is 37.1. The number of carboxylic acids is 1. The first-order valence-electron chi connectivity index (χ1n) is 36.6. The van der Waals surface area contributed by atoms with Crippen molar-refractivity contribution in [2.24, 2.45) is 11.7 Å². The van der Waals surface area contributed by atoms with E-state index in [4.69, 9.17) is 36.3 Å². The number of nitrogens with two attached hydrogens (primary N) is 1. The molecule has 2 saturated heterocycles. The summed E-state index contributed by atoms with van der Waals surface area (Å²) in [5, 5.41) is 86.6. The van der Waals surface area contributed by atoms with Crippen molar-refractivity contribution in [2.45, 2.75) is 184 Å². The van der Waals surface area contributed by atoms with Gasteiger partial charge < -0.3 is 108 Å². The van der Waals surface area contributed by atoms with Crippen LogP contribution in [0.4, 0.5) is 10.5 Å². The molecule has 4 bridgehead atoms. The van der Waals surface area contributed by atoms with Crippen LogP contribution in [0.2, 0.25) is 5.02 Å². The third-order valence-electron chi connectivity index (χ3n) is 19.0. The largest absolute Gasteiger partial charge is 0.508 e. The second-order valence-corrected chi connectivity index (χ2v) is 34.0. The zero-order valence-electron chi connectivity index (χ0n) is 65.2. The molecule has 0 unspecified atom stereocenters. The fraction of sp³-hybridized carbons (Fsp3) is 0.533. The molecule has 3 aromatic carbocycles. The van der Waals surface area contributed by atoms with Crippen molar-refractivity contribution in [1.29, 1.82) is 0 Å². The first kappa shape index (κ1) is 94.9. The number of hydrogen-bond acceptors (Lipinski definition) is 27. The predicted octanol–water partition coefficient (Wildman–Crippen LogP) is 0.692. The molecule has 3 aliphatic rings. The minimum Gasteiger partial charge on any atom is -0.508 e. The number of nitrogens with one attached hydrogen (secondary N) is 9. The smallest absolute Gasteiger partial charge is 0.409 e. The molecule has 2 fully saturated rings. The van der Waals surface area contributed by atoms with E-state index in [1.54, 1.807) is 61.5 Å². The van der Waals surface area contributed by atoms with Gasteiger partial charge in [-0.1, -0.05) is 122 Å². The second-order valence-electron chi connectivity index (χ2n) is 28.4. The van der Waals surface area contributed by atoms with Crippen LogP contribution in [0.5, 0.6) is 11.5 Å². The third kappa shape index (κ3) is 29.3. The van der Waals surface area contributed by atoms with Gasteiger partial charge in [0.05, 0.1) is 56.2 Å². The van der Waals surface area contributed by atoms with Crippen LogP contribution in [0, 0.1) is 5.92 Å². The number of aliphatic hydroxyl groups is 4. The van der Waals surface area contributed by atoms with Crippen LogP contribution in [0.25, 0.3) is 0 Å². The number of amides is 11. The Bertz CT molecular complexity index is 4020. The number of hydrogen-bond donors (Lipinski definition) is 16. The molecular formula is C75H103ClN12O23S4. The van der Waals surface area contributed by atoms with Gasteiger partial charge in [0.2, 0.25) is 59.1 Å². The molecule has 3 aromatic rings. The van der Waals surface area contributed by atoms with E-state index < -0.39 is 187 Å². The number of methoxy groups -OCH3 is 2. The number of fused-ring (bicyclic) bond motifs is 4. The summed E-state index contributed by atoms with van der Waals surface area (Å²) in [6.45, 7) is 7.22. The fourth-order valence-electron chi connectivity index (χ4n) is 12.1. The zero-order valence-corrected chi connectivity index (χ0v) is 69.2. The van der Waals surface area contributed by atoms with Gasteiger partial charge in [-0.3, -0.25) is 53.3 Å². The maximum Gasteiger partial charge on any atom is 0.409 e. The average Bonchev–Trinajstić information content (AvgIpc) is 1.27. The number of aliphatic hydroxyl groups excluding tert-OH is 2. The Balaban J connectivity index is 1.04. The SMILES string of the molecule is COc1cc2cc(c1Cl)N(C)C(=O)C[C@H](OC(=O)[C@H](C)N(C)C(=O)CCSSCCC(=O)NCc1ccc(C[C@@H](N)C(=O)N[C@H]3CSSC[C@@H](C(=O)N[C@H](C(=O)O)[C@@H](C)O)NC(=O)[C@H]([C@@H](C)O)NC(=O)CNC(=O)CNC(=O)[C@H](Cc4ccc(O)cc4)NC3=O)cc1)[C@](C)(O)C[C@H](C)[C@@H]1C[C@@](O)(NC(=O)O1)[C@H](OC)/C=C/C=C(\C)C2. The highest BCUT2D eigenvalue weighted by atomic mass is 35.5. The van der Waals surface area contributed by atoms with Gasteiger partial charge >= 0.3 is 18.0 Å². The number of likely N-dealkylation sites (N-methyl/N-ethyl adjacent to an activating group) is 1. The molecule has 40 heteroatoms. The lowest BCUT2D eigenvalue weighted by Gasteiger charge is -2.43. The number of esters is 1. The molecule has 0 aliphatic carbocycles. The van der Waals surface area contributed by atoms with Crippen molar-refractivity contribution in [3.8, 4) is 11.5 Å². The van der Waals surface area contributed by atoms with E-state index in [9.17, 15) is 93.0 Å². The van der Waals surface area contributed by atoms with Crippen molar-refractivity contribution in [1.82, 2.24) is 52.8 Å². The first-order valence-corrected chi connectivity index (χ1v) is 42.0. The van der Waals surface area contributed by atoms with Gasteiger partial charge in [0.1, 0.15) is 65.0 Å². The van der Waals surface area contributed by atoms with Crippen LogP contribution in [0.15, 0.2) is 84.5 Å². The van der Waals surface area contributed by atoms with Gasteiger partial charge in [-0.25, -0.2) is 14.4 Å². The number of aromatic hydroxyl groups is 1. The monoisotopic (exact) mass is 1700 g/mol. The van der Waals surface area contributed by atoms with E-state index in [0.29, 0.717) is 34.4 Å². The zero-order chi connectivity index (χ0) is 85.2. The number of carbonyl (C=O) groups excluding carboxylic acids is 12. The van der Waals surface area contributed by atoms with Gasteiger partial charge in [-0.2, -0.15) is 0 Å². The summed E-state index contributed by atoms with van der Waals surface area (Å²) in [6.07, 6.45) is -3.52. The molecule has 632 valence electrons. The van der Waals surface area contributed by atoms with Gasteiger partial charge in [0.25, 0.3) is 0 Å². The highest BCUT2D eigenvalue weighted by Crippen LogP contribution is 2.39. The summed E-state index contributed by atoms with van der Waals surface area (Å²) in [7, 11) is 10.1. The van der Waals surface area contributed by atoms with Crippen molar-refractivity contribution in [3.63, 3.8) is 0 Å². The number of carboxylic acid groups (broad SMARTS) is 1. The third-order valence-corrected chi connectivity index (χ3v) is 24.2. The van der Waals surface area contributed by atoms with Gasteiger partial charge in [-0.15, -0.1) is 0 Å². The Hall–Kier alpha value is -8.90. The van der Waals surface area contributed by atoms with Crippen molar-refractivity contribution >= 4 is 138 Å². The number of rotatable bonds is 25. The molecule has 3 heterocycles. The highest BCUT2D eigenvalue weighted by molar-refractivity contribution is 8.77. The summed E-state index contributed by atoms with van der Waals surface area (Å²) < 4.78 is 22.9. The summed E-state index contributed by atoms with van der Waals surface area (Å²) in [6, 6.07) is 5.17. The van der Waals surface area contributed by atoms with Crippen LogP contribution >= 0.6 is 54.8 Å². The lowest BCUT2D eigenvalue weighted by atomic mass is 9.81. The molecule has 115 heavy (non-hydrogen) atoms. The Labute approximate surface area is 686 Å². The highest BCUT2D eigenvalue weighted by Gasteiger charge is 2.49. The van der Waals surface area contributed by atoms with Gasteiger partial charge in [0, 0.05) is 76.4 Å². The fourth-order valence-corrected chi connectivity index (χ4v) is 16.7. The minimum atomic E-state index is -2.01. The maximum atomic E-state index is 14.4. The summed E-state index contributed by atoms with van der Waals surface area (Å²) in [4.78, 5) is 178. The molecular weight excluding hydrogens is 1600 g/mol. The number of aliphatic carboxylic acids is 1. The van der Waals surface area contributed by atoms with Crippen LogP contribution in [0.3, 0.4) is 0 Å². The molecule has 0 spiro atoms. The van der Waals surface area contributed by atoms with Crippen LogP contribution in [-0.4, -0.2) is 261 Å². The number of nitrogens with zero attached hydrogens (tertiary/aromatic N) is 2. The number of benzene rings is 3. The van der Waals surface area contributed by atoms with Crippen LogP contribution in [0.1, 0.15) is 95.9 Å². The number of alkyl carbamates (subject to hydrolysis) is 1. The first-order chi connectivity index (χ1) is 54.2. The number of phenols is 1. The van der Waals surface area contributed by atoms with Crippen LogP contribution in [-0.2, 0) is 97.6 Å².